The maximum Gasteiger partial charge on any atom is 0.127 e. The second-order valence-electron chi connectivity index (χ2n) is 5.25. The maximum atomic E-state index is 13.6. The minimum Gasteiger partial charge on any atom is -0.312 e. The fourth-order valence-corrected chi connectivity index (χ4v) is 3.13. The molecule has 0 saturated carbocycles. The molecule has 0 amide bonds. The zero-order valence-electron chi connectivity index (χ0n) is 10.0. The number of halogens is 1. The van der Waals surface area contributed by atoms with E-state index >= 15 is 0 Å². The van der Waals surface area contributed by atoms with Crippen molar-refractivity contribution in [2.45, 2.75) is 25.4 Å². The maximum absolute atomic E-state index is 13.6. The molecule has 3 rings (SSSR count). The van der Waals surface area contributed by atoms with Gasteiger partial charge in [0.15, 0.2) is 0 Å². The number of fused-ring (bicyclic) bond motifs is 1. The molecule has 2 aliphatic heterocycles. The molecule has 1 N–H and O–H groups in total. The smallest absolute Gasteiger partial charge is 0.127 e. The summed E-state index contributed by atoms with van der Waals surface area (Å²) >= 11 is 0. The van der Waals surface area contributed by atoms with Gasteiger partial charge in [-0.1, -0.05) is 18.2 Å². The van der Waals surface area contributed by atoms with E-state index < -0.39 is 0 Å². The zero-order valence-corrected chi connectivity index (χ0v) is 10.0. The third kappa shape index (κ3) is 2.35. The lowest BCUT2D eigenvalue weighted by molar-refractivity contribution is 0.308. The van der Waals surface area contributed by atoms with Crippen molar-refractivity contribution in [2.75, 3.05) is 19.6 Å². The van der Waals surface area contributed by atoms with Crippen molar-refractivity contribution < 1.29 is 4.39 Å². The third-order valence-electron chi connectivity index (χ3n) is 4.03. The van der Waals surface area contributed by atoms with Gasteiger partial charge in [-0.05, 0) is 31.4 Å². The van der Waals surface area contributed by atoms with Gasteiger partial charge in [-0.15, -0.1) is 0 Å². The van der Waals surface area contributed by atoms with Crippen LogP contribution in [0.3, 0.4) is 0 Å². The normalized spacial score (nSPS) is 29.2. The first-order chi connectivity index (χ1) is 8.33. The van der Waals surface area contributed by atoms with Crippen LogP contribution in [0.4, 0.5) is 4.39 Å². The molecule has 0 radical (unpaired) electrons. The first-order valence-corrected chi connectivity index (χ1v) is 6.52. The van der Waals surface area contributed by atoms with Crippen LogP contribution in [0.5, 0.6) is 0 Å². The Hall–Kier alpha value is -0.930. The Bertz CT molecular complexity index is 380. The molecule has 92 valence electrons. The lowest BCUT2D eigenvalue weighted by atomic mass is 9.94. The van der Waals surface area contributed by atoms with Crippen molar-refractivity contribution >= 4 is 0 Å². The van der Waals surface area contributed by atoms with Crippen molar-refractivity contribution in [2.24, 2.45) is 5.92 Å². The molecular formula is C14H19FN2. The van der Waals surface area contributed by atoms with Crippen molar-refractivity contribution in [3.63, 3.8) is 0 Å². The van der Waals surface area contributed by atoms with Crippen LogP contribution >= 0.6 is 0 Å². The quantitative estimate of drug-likeness (QED) is 0.842. The van der Waals surface area contributed by atoms with E-state index in [1.54, 1.807) is 12.1 Å². The van der Waals surface area contributed by atoms with Gasteiger partial charge < -0.3 is 5.32 Å². The summed E-state index contributed by atoms with van der Waals surface area (Å²) in [5.41, 5.74) is 0.825. The molecule has 0 bridgehead atoms. The fraction of sp³-hybridized carbons (Fsp3) is 0.571. The molecule has 0 aromatic heterocycles. The van der Waals surface area contributed by atoms with Crippen molar-refractivity contribution in [3.05, 3.63) is 35.6 Å². The van der Waals surface area contributed by atoms with Gasteiger partial charge in [0.05, 0.1) is 0 Å². The average Bonchev–Trinajstić information content (AvgIpc) is 2.74. The number of piperidine rings is 1. The summed E-state index contributed by atoms with van der Waals surface area (Å²) < 4.78 is 13.6. The molecule has 0 spiro atoms. The van der Waals surface area contributed by atoms with Crippen molar-refractivity contribution in [1.82, 2.24) is 10.2 Å². The Morgan fingerprint density at radius 2 is 2.18 bits per heavy atom. The Morgan fingerprint density at radius 1 is 1.29 bits per heavy atom. The number of rotatable bonds is 2. The monoisotopic (exact) mass is 234 g/mol. The van der Waals surface area contributed by atoms with E-state index in [1.165, 1.54) is 12.8 Å². The molecule has 17 heavy (non-hydrogen) atoms. The number of hydrogen-bond acceptors (Lipinski definition) is 2. The van der Waals surface area contributed by atoms with Gasteiger partial charge in [-0.25, -0.2) is 4.39 Å². The SMILES string of the molecule is Fc1ccccc1CN1C[C@@H]2CCCN[C@@H]2C1. The predicted molar refractivity (Wildman–Crippen MR) is 66.2 cm³/mol. The molecule has 0 aliphatic carbocycles. The highest BCUT2D eigenvalue weighted by Crippen LogP contribution is 2.26. The summed E-state index contributed by atoms with van der Waals surface area (Å²) in [7, 11) is 0. The lowest BCUT2D eigenvalue weighted by Crippen LogP contribution is -2.40. The van der Waals surface area contributed by atoms with Gasteiger partial charge in [0.1, 0.15) is 5.82 Å². The van der Waals surface area contributed by atoms with Crippen LogP contribution in [-0.4, -0.2) is 30.6 Å². The summed E-state index contributed by atoms with van der Waals surface area (Å²) in [6, 6.07) is 7.75. The number of nitrogens with zero attached hydrogens (tertiary/aromatic N) is 1. The van der Waals surface area contributed by atoms with E-state index in [9.17, 15) is 4.39 Å². The van der Waals surface area contributed by atoms with Gasteiger partial charge in [-0.2, -0.15) is 0 Å². The highest BCUT2D eigenvalue weighted by molar-refractivity contribution is 5.17. The fourth-order valence-electron chi connectivity index (χ4n) is 3.13. The summed E-state index contributed by atoms with van der Waals surface area (Å²) in [5, 5.41) is 3.58. The Labute approximate surface area is 102 Å². The third-order valence-corrected chi connectivity index (χ3v) is 4.03. The van der Waals surface area contributed by atoms with Crippen LogP contribution in [0.25, 0.3) is 0 Å². The second-order valence-corrected chi connectivity index (χ2v) is 5.25. The summed E-state index contributed by atoms with van der Waals surface area (Å²) in [4.78, 5) is 2.38. The minimum atomic E-state index is -0.0738. The highest BCUT2D eigenvalue weighted by Gasteiger charge is 2.34. The molecule has 2 saturated heterocycles. The molecule has 1 aromatic carbocycles. The molecule has 2 aliphatic rings. The number of nitrogens with one attached hydrogen (secondary N) is 1. The van der Waals surface area contributed by atoms with E-state index in [0.717, 1.165) is 37.7 Å². The number of benzene rings is 1. The summed E-state index contributed by atoms with van der Waals surface area (Å²) in [6.07, 6.45) is 2.61. The second kappa shape index (κ2) is 4.75. The van der Waals surface area contributed by atoms with E-state index in [0.29, 0.717) is 6.04 Å². The molecule has 2 fully saturated rings. The van der Waals surface area contributed by atoms with E-state index in [2.05, 4.69) is 10.2 Å². The van der Waals surface area contributed by atoms with Gasteiger partial charge in [-0.3, -0.25) is 4.90 Å². The standard InChI is InChI=1S/C14H19FN2/c15-13-6-2-1-4-11(13)8-17-9-12-5-3-7-16-14(12)10-17/h1-2,4,6,12,14,16H,3,5,7-10H2/t12-,14+/m0/s1. The van der Waals surface area contributed by atoms with E-state index in [1.807, 2.05) is 12.1 Å². The largest absolute Gasteiger partial charge is 0.312 e. The molecular weight excluding hydrogens is 215 g/mol. The minimum absolute atomic E-state index is 0.0738. The van der Waals surface area contributed by atoms with Gasteiger partial charge in [0.2, 0.25) is 0 Å². The van der Waals surface area contributed by atoms with Crippen LogP contribution in [-0.2, 0) is 6.54 Å². The molecule has 1 aromatic rings. The first kappa shape index (κ1) is 11.2. The topological polar surface area (TPSA) is 15.3 Å². The van der Waals surface area contributed by atoms with Gasteiger partial charge >= 0.3 is 0 Å². The Morgan fingerprint density at radius 3 is 3.00 bits per heavy atom. The van der Waals surface area contributed by atoms with Crippen LogP contribution in [0, 0.1) is 11.7 Å². The number of likely N-dealkylation sites (tertiary alicyclic amines) is 1. The predicted octanol–water partition coefficient (Wildman–Crippen LogP) is 2.01. The van der Waals surface area contributed by atoms with E-state index in [-0.39, 0.29) is 5.82 Å². The molecule has 2 nitrogen and oxygen atoms in total. The van der Waals surface area contributed by atoms with Gasteiger partial charge in [0, 0.05) is 31.2 Å². The van der Waals surface area contributed by atoms with Crippen LogP contribution in [0.2, 0.25) is 0 Å². The number of hydrogen-bond donors (Lipinski definition) is 1. The first-order valence-electron chi connectivity index (χ1n) is 6.52. The van der Waals surface area contributed by atoms with Crippen LogP contribution < -0.4 is 5.32 Å². The molecule has 2 heterocycles. The molecule has 3 heteroatoms. The van der Waals surface area contributed by atoms with Crippen molar-refractivity contribution in [3.8, 4) is 0 Å². The molecule has 2 atom stereocenters. The highest BCUT2D eigenvalue weighted by atomic mass is 19.1. The molecule has 0 unspecified atom stereocenters. The van der Waals surface area contributed by atoms with E-state index in [4.69, 9.17) is 0 Å². The van der Waals surface area contributed by atoms with Gasteiger partial charge in [0.25, 0.3) is 0 Å². The van der Waals surface area contributed by atoms with Crippen molar-refractivity contribution in [1.29, 1.82) is 0 Å². The Kier molecular flexibility index (Phi) is 3.12. The van der Waals surface area contributed by atoms with Crippen LogP contribution in [0.15, 0.2) is 24.3 Å². The summed E-state index contributed by atoms with van der Waals surface area (Å²) in [5.74, 6) is 0.700. The Balaban J connectivity index is 1.65. The zero-order chi connectivity index (χ0) is 11.7. The van der Waals surface area contributed by atoms with Crippen LogP contribution in [0.1, 0.15) is 18.4 Å². The average molecular weight is 234 g/mol. The summed E-state index contributed by atoms with van der Waals surface area (Å²) in [6.45, 7) is 4.08. The lowest BCUT2D eigenvalue weighted by Gasteiger charge is -2.24.